The van der Waals surface area contributed by atoms with Gasteiger partial charge in [0.25, 0.3) is 0 Å². The number of benzene rings is 2. The smallest absolute Gasteiger partial charge is 0.244 e. The van der Waals surface area contributed by atoms with Gasteiger partial charge in [-0.1, -0.05) is 12.1 Å². The predicted molar refractivity (Wildman–Crippen MR) is 117 cm³/mol. The van der Waals surface area contributed by atoms with Crippen LogP contribution < -0.4 is 19.9 Å². The summed E-state index contributed by atoms with van der Waals surface area (Å²) in [6, 6.07) is 15.1. The zero-order chi connectivity index (χ0) is 20.8. The molecule has 0 aliphatic carbocycles. The number of nitrogens with one attached hydrogen (secondary N) is 1. The van der Waals surface area contributed by atoms with Crippen molar-refractivity contribution >= 4 is 28.9 Å². The minimum absolute atomic E-state index is 0.0343. The maximum absolute atomic E-state index is 12.6. The number of nitrogens with zero attached hydrogens (tertiary/aromatic N) is 2. The van der Waals surface area contributed by atoms with Crippen LogP contribution in [0.25, 0.3) is 0 Å². The Labute approximate surface area is 172 Å². The zero-order valence-corrected chi connectivity index (χ0v) is 17.4. The molecular weight excluding hydrogens is 366 g/mol. The van der Waals surface area contributed by atoms with E-state index in [0.717, 1.165) is 13.1 Å². The van der Waals surface area contributed by atoms with E-state index in [2.05, 4.69) is 10.2 Å². The quantitative estimate of drug-likeness (QED) is 0.768. The Balaban J connectivity index is 1.68. The third-order valence-corrected chi connectivity index (χ3v) is 4.82. The van der Waals surface area contributed by atoms with E-state index >= 15 is 0 Å². The van der Waals surface area contributed by atoms with Gasteiger partial charge in [0, 0.05) is 31.4 Å². The predicted octanol–water partition coefficient (Wildman–Crippen LogP) is 4.07. The molecule has 1 fully saturated rings. The molecule has 0 saturated carbocycles. The number of para-hydroxylation sites is 2. The monoisotopic (exact) mass is 395 g/mol. The van der Waals surface area contributed by atoms with Crippen LogP contribution in [0.2, 0.25) is 0 Å². The lowest BCUT2D eigenvalue weighted by Gasteiger charge is -2.24. The van der Waals surface area contributed by atoms with Gasteiger partial charge in [0.1, 0.15) is 12.3 Å². The molecule has 3 rings (SSSR count). The molecule has 0 atom stereocenters. The van der Waals surface area contributed by atoms with E-state index in [0.29, 0.717) is 17.1 Å². The molecule has 0 radical (unpaired) electrons. The topological polar surface area (TPSA) is 61.9 Å². The Morgan fingerprint density at radius 3 is 2.34 bits per heavy atom. The summed E-state index contributed by atoms with van der Waals surface area (Å²) in [6.45, 7) is 7.38. The van der Waals surface area contributed by atoms with Gasteiger partial charge < -0.3 is 15.0 Å². The fourth-order valence-electron chi connectivity index (χ4n) is 3.47. The van der Waals surface area contributed by atoms with Crippen LogP contribution in [0.5, 0.6) is 5.75 Å². The second-order valence-electron chi connectivity index (χ2n) is 7.53. The van der Waals surface area contributed by atoms with Gasteiger partial charge in [-0.15, -0.1) is 0 Å². The normalized spacial score (nSPS) is 13.4. The molecule has 2 aromatic rings. The van der Waals surface area contributed by atoms with Crippen molar-refractivity contribution in [2.24, 2.45) is 0 Å². The van der Waals surface area contributed by atoms with Crippen LogP contribution in [-0.4, -0.2) is 37.6 Å². The average molecular weight is 396 g/mol. The summed E-state index contributed by atoms with van der Waals surface area (Å²) in [5.74, 6) is 0.110. The van der Waals surface area contributed by atoms with Gasteiger partial charge in [-0.2, -0.15) is 0 Å². The summed E-state index contributed by atoms with van der Waals surface area (Å²) in [7, 11) is 0. The fourth-order valence-corrected chi connectivity index (χ4v) is 3.47. The summed E-state index contributed by atoms with van der Waals surface area (Å²) in [5, 5.41) is 2.88. The maximum Gasteiger partial charge on any atom is 0.244 e. The molecule has 2 amide bonds. The molecule has 0 bridgehead atoms. The van der Waals surface area contributed by atoms with Crippen molar-refractivity contribution in [1.29, 1.82) is 0 Å². The highest BCUT2D eigenvalue weighted by atomic mass is 16.5. The highest BCUT2D eigenvalue weighted by Gasteiger charge is 2.20. The van der Waals surface area contributed by atoms with Crippen LogP contribution in [0.1, 0.15) is 33.6 Å². The number of carbonyl (C=O) groups excluding carboxylic acids is 2. The van der Waals surface area contributed by atoms with E-state index < -0.39 is 0 Å². The lowest BCUT2D eigenvalue weighted by molar-refractivity contribution is -0.120. The summed E-state index contributed by atoms with van der Waals surface area (Å²) in [5.41, 5.74) is 2.48. The third-order valence-electron chi connectivity index (χ3n) is 4.82. The maximum atomic E-state index is 12.6. The van der Waals surface area contributed by atoms with Crippen LogP contribution >= 0.6 is 0 Å². The minimum atomic E-state index is -0.256. The zero-order valence-electron chi connectivity index (χ0n) is 17.4. The van der Waals surface area contributed by atoms with E-state index in [1.54, 1.807) is 12.1 Å². The Morgan fingerprint density at radius 1 is 1.07 bits per heavy atom. The number of ether oxygens (including phenoxy) is 1. The van der Waals surface area contributed by atoms with Crippen LogP contribution in [0.4, 0.5) is 17.1 Å². The number of carbonyl (C=O) groups is 2. The molecule has 1 aliphatic rings. The average Bonchev–Trinajstić information content (AvgIpc) is 3.21. The van der Waals surface area contributed by atoms with E-state index in [1.165, 1.54) is 30.4 Å². The van der Waals surface area contributed by atoms with Crippen LogP contribution in [0, 0.1) is 0 Å². The molecule has 1 aliphatic heterocycles. The first-order valence-electron chi connectivity index (χ1n) is 10.1. The van der Waals surface area contributed by atoms with E-state index in [1.807, 2.05) is 50.2 Å². The molecule has 1 N–H and O–H groups in total. The van der Waals surface area contributed by atoms with Crippen LogP contribution in [0.3, 0.4) is 0 Å². The van der Waals surface area contributed by atoms with Crippen molar-refractivity contribution in [1.82, 2.24) is 0 Å². The Morgan fingerprint density at radius 2 is 1.72 bits per heavy atom. The number of rotatable bonds is 7. The second kappa shape index (κ2) is 9.45. The number of amides is 2. The molecular formula is C23H29N3O3. The largest absolute Gasteiger partial charge is 0.489 e. The van der Waals surface area contributed by atoms with Gasteiger partial charge in [-0.05, 0) is 63.1 Å². The van der Waals surface area contributed by atoms with Gasteiger partial charge in [0.05, 0.1) is 11.8 Å². The highest BCUT2D eigenvalue weighted by molar-refractivity contribution is 6.02. The summed E-state index contributed by atoms with van der Waals surface area (Å²) < 4.78 is 5.81. The first-order valence-corrected chi connectivity index (χ1v) is 10.1. The molecule has 6 nitrogen and oxygen atoms in total. The molecule has 0 unspecified atom stereocenters. The molecule has 1 saturated heterocycles. The van der Waals surface area contributed by atoms with E-state index in [9.17, 15) is 9.59 Å². The number of anilines is 3. The van der Waals surface area contributed by atoms with Gasteiger partial charge in [-0.25, -0.2) is 0 Å². The third kappa shape index (κ3) is 5.50. The Kier molecular flexibility index (Phi) is 6.75. The Hall–Kier alpha value is -3.02. The SMILES string of the molecule is CC(=O)N(CC(=O)Nc1ccc(N2CCCC2)cc1)c1ccccc1OC(C)C. The van der Waals surface area contributed by atoms with Gasteiger partial charge in [0.15, 0.2) is 0 Å². The van der Waals surface area contributed by atoms with E-state index in [4.69, 9.17) is 4.74 Å². The van der Waals surface area contributed by atoms with Crippen molar-refractivity contribution in [3.63, 3.8) is 0 Å². The summed E-state index contributed by atoms with van der Waals surface area (Å²) in [6.07, 6.45) is 2.41. The molecule has 29 heavy (non-hydrogen) atoms. The molecule has 1 heterocycles. The lowest BCUT2D eigenvalue weighted by atomic mass is 10.2. The highest BCUT2D eigenvalue weighted by Crippen LogP contribution is 2.29. The molecule has 154 valence electrons. The molecule has 0 spiro atoms. The van der Waals surface area contributed by atoms with Gasteiger partial charge in [-0.3, -0.25) is 14.5 Å². The van der Waals surface area contributed by atoms with Gasteiger partial charge in [0.2, 0.25) is 11.8 Å². The first kappa shape index (κ1) is 20.7. The van der Waals surface area contributed by atoms with Crippen LogP contribution in [0.15, 0.2) is 48.5 Å². The van der Waals surface area contributed by atoms with Crippen LogP contribution in [-0.2, 0) is 9.59 Å². The second-order valence-corrected chi connectivity index (χ2v) is 7.53. The summed E-state index contributed by atoms with van der Waals surface area (Å²) >= 11 is 0. The minimum Gasteiger partial charge on any atom is -0.489 e. The van der Waals surface area contributed by atoms with Crippen molar-refractivity contribution < 1.29 is 14.3 Å². The number of hydrogen-bond donors (Lipinski definition) is 1. The lowest BCUT2D eigenvalue weighted by Crippen LogP contribution is -2.37. The molecule has 2 aromatic carbocycles. The fraction of sp³-hybridized carbons (Fsp3) is 0.391. The number of hydrogen-bond acceptors (Lipinski definition) is 4. The molecule has 0 aromatic heterocycles. The summed E-state index contributed by atoms with van der Waals surface area (Å²) in [4.78, 5) is 28.6. The van der Waals surface area contributed by atoms with Gasteiger partial charge >= 0.3 is 0 Å². The van der Waals surface area contributed by atoms with Crippen molar-refractivity contribution in [3.05, 3.63) is 48.5 Å². The van der Waals surface area contributed by atoms with Crippen molar-refractivity contribution in [3.8, 4) is 5.75 Å². The molecule has 6 heteroatoms. The van der Waals surface area contributed by atoms with Crippen molar-refractivity contribution in [2.45, 2.75) is 39.7 Å². The van der Waals surface area contributed by atoms with E-state index in [-0.39, 0.29) is 24.5 Å². The Bertz CT molecular complexity index is 843. The van der Waals surface area contributed by atoms with Crippen molar-refractivity contribution in [2.75, 3.05) is 34.8 Å². The standard InChI is InChI=1S/C23H29N3O3/c1-17(2)29-22-9-5-4-8-21(22)26(18(3)27)16-23(28)24-19-10-12-20(13-11-19)25-14-6-7-15-25/h4-5,8-13,17H,6-7,14-16H2,1-3H3,(H,24,28). The first-order chi connectivity index (χ1) is 13.9.